The number of carbonyl (C=O) groups is 1. The molecule has 0 heterocycles. The zero-order valence-electron chi connectivity index (χ0n) is 14.6. The molecule has 0 saturated heterocycles. The number of benzene rings is 3. The summed E-state index contributed by atoms with van der Waals surface area (Å²) >= 11 is 5.89. The maximum Gasteiger partial charge on any atom is 0.387 e. The van der Waals surface area contributed by atoms with Crippen molar-refractivity contribution in [3.05, 3.63) is 88.9 Å². The van der Waals surface area contributed by atoms with Crippen LogP contribution in [0.1, 0.15) is 15.9 Å². The minimum atomic E-state index is -2.97. The zero-order chi connectivity index (χ0) is 19.9. The lowest BCUT2D eigenvalue weighted by Crippen LogP contribution is -2.12. The summed E-state index contributed by atoms with van der Waals surface area (Å²) in [7, 11) is 0. The van der Waals surface area contributed by atoms with Gasteiger partial charge in [0.05, 0.1) is 5.02 Å². The molecule has 144 valence electrons. The van der Waals surface area contributed by atoms with Crippen LogP contribution < -0.4 is 14.8 Å². The van der Waals surface area contributed by atoms with Crippen molar-refractivity contribution in [2.75, 3.05) is 5.32 Å². The standard InChI is InChI=1S/C21H16ClF2NO3/c22-18-12-16(10-11-19(18)28-21(23)24)25-20(26)15-8-6-14(7-9-15)13-27-17-4-2-1-3-5-17/h1-12,21H,13H2,(H,25,26). The van der Waals surface area contributed by atoms with Gasteiger partial charge in [-0.3, -0.25) is 4.79 Å². The highest BCUT2D eigenvalue weighted by Gasteiger charge is 2.11. The summed E-state index contributed by atoms with van der Waals surface area (Å²) in [4.78, 5) is 12.3. The number of para-hydroxylation sites is 1. The molecule has 0 bridgehead atoms. The number of ether oxygens (including phenoxy) is 2. The summed E-state index contributed by atoms with van der Waals surface area (Å²) in [5, 5.41) is 2.64. The van der Waals surface area contributed by atoms with Crippen LogP contribution in [0.3, 0.4) is 0 Å². The summed E-state index contributed by atoms with van der Waals surface area (Å²) in [5.74, 6) is 0.257. The number of hydrogen-bond donors (Lipinski definition) is 1. The van der Waals surface area contributed by atoms with Crippen LogP contribution >= 0.6 is 11.6 Å². The van der Waals surface area contributed by atoms with Gasteiger partial charge in [0, 0.05) is 11.3 Å². The molecular formula is C21H16ClF2NO3. The highest BCUT2D eigenvalue weighted by Crippen LogP contribution is 2.29. The molecule has 4 nitrogen and oxygen atoms in total. The Labute approximate surface area is 165 Å². The summed E-state index contributed by atoms with van der Waals surface area (Å²) in [5.41, 5.74) is 1.72. The van der Waals surface area contributed by atoms with Crippen LogP contribution in [0.15, 0.2) is 72.8 Å². The molecule has 3 rings (SSSR count). The van der Waals surface area contributed by atoms with E-state index in [4.69, 9.17) is 16.3 Å². The van der Waals surface area contributed by atoms with E-state index in [-0.39, 0.29) is 16.7 Å². The van der Waals surface area contributed by atoms with Crippen LogP contribution in [0.5, 0.6) is 11.5 Å². The quantitative estimate of drug-likeness (QED) is 0.544. The molecule has 0 radical (unpaired) electrons. The SMILES string of the molecule is O=C(Nc1ccc(OC(F)F)c(Cl)c1)c1ccc(COc2ccccc2)cc1. The van der Waals surface area contributed by atoms with E-state index < -0.39 is 6.61 Å². The molecule has 0 aromatic heterocycles. The molecular weight excluding hydrogens is 388 g/mol. The Morgan fingerprint density at radius 2 is 1.71 bits per heavy atom. The van der Waals surface area contributed by atoms with E-state index in [1.54, 1.807) is 24.3 Å². The number of halogens is 3. The second kappa shape index (κ2) is 9.19. The van der Waals surface area contributed by atoms with E-state index in [0.29, 0.717) is 17.9 Å². The average molecular weight is 404 g/mol. The first-order chi connectivity index (χ1) is 13.5. The summed E-state index contributed by atoms with van der Waals surface area (Å²) in [6.07, 6.45) is 0. The average Bonchev–Trinajstić information content (AvgIpc) is 2.69. The van der Waals surface area contributed by atoms with E-state index in [1.807, 2.05) is 30.3 Å². The molecule has 0 aliphatic heterocycles. The van der Waals surface area contributed by atoms with Crippen LogP contribution in [-0.4, -0.2) is 12.5 Å². The van der Waals surface area contributed by atoms with Gasteiger partial charge in [0.1, 0.15) is 18.1 Å². The third kappa shape index (κ3) is 5.44. The van der Waals surface area contributed by atoms with Crippen molar-refractivity contribution in [1.29, 1.82) is 0 Å². The van der Waals surface area contributed by atoms with Crippen LogP contribution in [0.25, 0.3) is 0 Å². The topological polar surface area (TPSA) is 47.6 Å². The predicted octanol–water partition coefficient (Wildman–Crippen LogP) is 5.77. The predicted molar refractivity (Wildman–Crippen MR) is 103 cm³/mol. The number of alkyl halides is 2. The first-order valence-corrected chi connectivity index (χ1v) is 8.71. The lowest BCUT2D eigenvalue weighted by atomic mass is 10.1. The number of rotatable bonds is 7. The molecule has 0 unspecified atom stereocenters. The van der Waals surface area contributed by atoms with Gasteiger partial charge >= 0.3 is 6.61 Å². The Balaban J connectivity index is 1.59. The van der Waals surface area contributed by atoms with Crippen LogP contribution in [0.2, 0.25) is 5.02 Å². The van der Waals surface area contributed by atoms with E-state index in [9.17, 15) is 13.6 Å². The Bertz CT molecular complexity index is 934. The van der Waals surface area contributed by atoms with Crippen molar-refractivity contribution in [2.45, 2.75) is 13.2 Å². The van der Waals surface area contributed by atoms with Crippen LogP contribution in [0.4, 0.5) is 14.5 Å². The van der Waals surface area contributed by atoms with Gasteiger partial charge in [0.2, 0.25) is 0 Å². The molecule has 1 N–H and O–H groups in total. The van der Waals surface area contributed by atoms with Crippen molar-refractivity contribution in [3.63, 3.8) is 0 Å². The molecule has 3 aromatic carbocycles. The largest absolute Gasteiger partial charge is 0.489 e. The molecule has 0 aliphatic carbocycles. The highest BCUT2D eigenvalue weighted by atomic mass is 35.5. The number of amides is 1. The van der Waals surface area contributed by atoms with E-state index in [0.717, 1.165) is 11.3 Å². The van der Waals surface area contributed by atoms with Gasteiger partial charge in [0.15, 0.2) is 0 Å². The molecule has 28 heavy (non-hydrogen) atoms. The maximum atomic E-state index is 12.3. The third-order valence-electron chi connectivity index (χ3n) is 3.77. The second-order valence-corrected chi connectivity index (χ2v) is 6.18. The van der Waals surface area contributed by atoms with Gasteiger partial charge in [-0.1, -0.05) is 41.9 Å². The van der Waals surface area contributed by atoms with E-state index in [2.05, 4.69) is 10.1 Å². The van der Waals surface area contributed by atoms with Crippen molar-refractivity contribution in [1.82, 2.24) is 0 Å². The lowest BCUT2D eigenvalue weighted by molar-refractivity contribution is -0.0497. The fraction of sp³-hybridized carbons (Fsp3) is 0.0952. The zero-order valence-corrected chi connectivity index (χ0v) is 15.3. The monoisotopic (exact) mass is 403 g/mol. The van der Waals surface area contributed by atoms with Crippen LogP contribution in [-0.2, 0) is 6.61 Å². The van der Waals surface area contributed by atoms with E-state index >= 15 is 0 Å². The summed E-state index contributed by atoms with van der Waals surface area (Å²) < 4.78 is 34.4. The van der Waals surface area contributed by atoms with Gasteiger partial charge < -0.3 is 14.8 Å². The number of hydrogen-bond acceptors (Lipinski definition) is 3. The molecule has 0 aliphatic rings. The summed E-state index contributed by atoms with van der Waals surface area (Å²) in [6.45, 7) is -2.59. The minimum Gasteiger partial charge on any atom is -0.489 e. The second-order valence-electron chi connectivity index (χ2n) is 5.78. The Morgan fingerprint density at radius 3 is 2.36 bits per heavy atom. The number of anilines is 1. The Kier molecular flexibility index (Phi) is 6.45. The van der Waals surface area contributed by atoms with Crippen molar-refractivity contribution in [2.24, 2.45) is 0 Å². The molecule has 0 fully saturated rings. The van der Waals surface area contributed by atoms with Gasteiger partial charge in [-0.15, -0.1) is 0 Å². The first kappa shape index (κ1) is 19.6. The fourth-order valence-electron chi connectivity index (χ4n) is 2.41. The normalized spacial score (nSPS) is 10.6. The van der Waals surface area contributed by atoms with Crippen molar-refractivity contribution in [3.8, 4) is 11.5 Å². The van der Waals surface area contributed by atoms with Crippen LogP contribution in [0, 0.1) is 0 Å². The molecule has 0 atom stereocenters. The Morgan fingerprint density at radius 1 is 1.00 bits per heavy atom. The van der Waals surface area contributed by atoms with Gasteiger partial charge in [-0.2, -0.15) is 8.78 Å². The minimum absolute atomic E-state index is 0.0218. The van der Waals surface area contributed by atoms with Gasteiger partial charge in [0.25, 0.3) is 5.91 Å². The molecule has 0 saturated carbocycles. The maximum absolute atomic E-state index is 12.3. The Hall–Kier alpha value is -3.12. The van der Waals surface area contributed by atoms with Crippen molar-refractivity contribution < 1.29 is 23.0 Å². The lowest BCUT2D eigenvalue weighted by Gasteiger charge is -2.10. The fourth-order valence-corrected chi connectivity index (χ4v) is 2.63. The molecule has 3 aromatic rings. The number of carbonyl (C=O) groups excluding carboxylic acids is 1. The molecule has 0 spiro atoms. The third-order valence-corrected chi connectivity index (χ3v) is 4.07. The van der Waals surface area contributed by atoms with E-state index in [1.165, 1.54) is 18.2 Å². The highest BCUT2D eigenvalue weighted by molar-refractivity contribution is 6.32. The van der Waals surface area contributed by atoms with Gasteiger partial charge in [-0.05, 0) is 48.0 Å². The molecule has 1 amide bonds. The number of nitrogens with one attached hydrogen (secondary N) is 1. The summed E-state index contributed by atoms with van der Waals surface area (Å²) in [6, 6.07) is 20.4. The smallest absolute Gasteiger partial charge is 0.387 e. The molecule has 7 heteroatoms. The van der Waals surface area contributed by atoms with Gasteiger partial charge in [-0.25, -0.2) is 0 Å². The first-order valence-electron chi connectivity index (χ1n) is 8.34. The van der Waals surface area contributed by atoms with Crippen molar-refractivity contribution >= 4 is 23.2 Å².